The van der Waals surface area contributed by atoms with Gasteiger partial charge in [0.05, 0.1) is 0 Å². The summed E-state index contributed by atoms with van der Waals surface area (Å²) in [5, 5.41) is 4.12. The van der Waals surface area contributed by atoms with Crippen LogP contribution in [0.1, 0.15) is 44.1 Å². The van der Waals surface area contributed by atoms with Gasteiger partial charge in [0.25, 0.3) is 5.91 Å². The molecule has 1 aromatic carbocycles. The molecule has 8 heteroatoms. The highest BCUT2D eigenvalue weighted by atomic mass is 32.2. The van der Waals surface area contributed by atoms with Crippen LogP contribution in [0.5, 0.6) is 0 Å². The molecular weight excluding hydrogens is 404 g/mol. The molecule has 162 valence electrons. The molecule has 0 spiro atoms. The third-order valence-corrected chi connectivity index (χ3v) is 7.51. The van der Waals surface area contributed by atoms with Crippen LogP contribution in [0.3, 0.4) is 0 Å². The molecule has 30 heavy (non-hydrogen) atoms. The molecule has 4 bridgehead atoms. The molecule has 4 saturated carbocycles. The quantitative estimate of drug-likeness (QED) is 0.613. The highest BCUT2D eigenvalue weighted by Crippen LogP contribution is 2.55. The van der Waals surface area contributed by atoms with E-state index >= 15 is 0 Å². The number of carbonyl (C=O) groups is 2. The number of sulfonamides is 1. The van der Waals surface area contributed by atoms with Crippen LogP contribution >= 0.6 is 0 Å². The van der Waals surface area contributed by atoms with Crippen molar-refractivity contribution in [1.29, 1.82) is 0 Å². The number of carbonyl (C=O) groups excluding carboxylic acids is 2. The highest BCUT2D eigenvalue weighted by molar-refractivity contribution is 7.92. The molecule has 4 aliphatic carbocycles. The van der Waals surface area contributed by atoms with Gasteiger partial charge in [-0.15, -0.1) is 0 Å². The van der Waals surface area contributed by atoms with Gasteiger partial charge in [0.2, 0.25) is 10.0 Å². The lowest BCUT2D eigenvalue weighted by Crippen LogP contribution is -2.60. The minimum Gasteiger partial charge on any atom is -0.455 e. The molecule has 0 atom stereocenters. The van der Waals surface area contributed by atoms with Gasteiger partial charge in [-0.3, -0.25) is 9.59 Å². The van der Waals surface area contributed by atoms with Gasteiger partial charge in [-0.25, -0.2) is 13.1 Å². The van der Waals surface area contributed by atoms with E-state index in [2.05, 4.69) is 10.0 Å². The van der Waals surface area contributed by atoms with Gasteiger partial charge >= 0.3 is 5.97 Å². The first-order chi connectivity index (χ1) is 14.3. The molecular formula is C22H28N2O5S. The molecule has 0 radical (unpaired) electrons. The molecule has 4 aliphatic rings. The Bertz CT molecular complexity index is 891. The van der Waals surface area contributed by atoms with Gasteiger partial charge in [-0.05, 0) is 67.9 Å². The first-order valence-electron chi connectivity index (χ1n) is 10.5. The van der Waals surface area contributed by atoms with Crippen molar-refractivity contribution in [2.24, 2.45) is 17.8 Å². The minimum atomic E-state index is -3.78. The van der Waals surface area contributed by atoms with Crippen molar-refractivity contribution in [1.82, 2.24) is 10.0 Å². The van der Waals surface area contributed by atoms with Crippen LogP contribution in [-0.4, -0.2) is 39.0 Å². The summed E-state index contributed by atoms with van der Waals surface area (Å²) in [7, 11) is -3.78. The fourth-order valence-corrected chi connectivity index (χ4v) is 6.48. The Labute approximate surface area is 177 Å². The van der Waals surface area contributed by atoms with Crippen LogP contribution in [0.2, 0.25) is 0 Å². The van der Waals surface area contributed by atoms with Gasteiger partial charge in [-0.1, -0.05) is 30.3 Å². The van der Waals surface area contributed by atoms with E-state index in [-0.39, 0.29) is 18.1 Å². The summed E-state index contributed by atoms with van der Waals surface area (Å²) in [6.45, 7) is -0.908. The predicted octanol–water partition coefficient (Wildman–Crippen LogP) is 2.20. The summed E-state index contributed by atoms with van der Waals surface area (Å²) in [4.78, 5) is 24.2. The van der Waals surface area contributed by atoms with Crippen molar-refractivity contribution < 1.29 is 22.7 Å². The largest absolute Gasteiger partial charge is 0.455 e. The molecule has 1 aromatic rings. The second-order valence-electron chi connectivity index (χ2n) is 8.99. The molecule has 0 aromatic heterocycles. The standard InChI is InChI=1S/C22H28N2O5S/c25-20(24-22-11-17-8-18(12-22)10-19(9-17)13-22)15-29-21(26)14-23-30(27,28)7-6-16-4-2-1-3-5-16/h1-7,17-19,23H,8-15H2,(H,24,25)/b7-6+. The Kier molecular flexibility index (Phi) is 5.97. The molecule has 0 unspecified atom stereocenters. The van der Waals surface area contributed by atoms with Gasteiger partial charge < -0.3 is 10.1 Å². The maximum absolute atomic E-state index is 12.4. The zero-order chi connectivity index (χ0) is 21.2. The van der Waals surface area contributed by atoms with Crippen LogP contribution in [0.15, 0.2) is 35.7 Å². The zero-order valence-corrected chi connectivity index (χ0v) is 17.7. The molecule has 5 rings (SSSR count). The van der Waals surface area contributed by atoms with Crippen molar-refractivity contribution in [2.75, 3.05) is 13.2 Å². The number of esters is 1. The monoisotopic (exact) mass is 432 g/mol. The second kappa shape index (κ2) is 8.51. The van der Waals surface area contributed by atoms with Crippen molar-refractivity contribution in [3.63, 3.8) is 0 Å². The van der Waals surface area contributed by atoms with Gasteiger partial charge in [0.1, 0.15) is 6.54 Å². The minimum absolute atomic E-state index is 0.137. The Morgan fingerprint density at radius 1 is 1.03 bits per heavy atom. The van der Waals surface area contributed by atoms with Crippen LogP contribution in [-0.2, 0) is 24.3 Å². The number of ether oxygens (including phenoxy) is 1. The Balaban J connectivity index is 1.20. The average molecular weight is 433 g/mol. The van der Waals surface area contributed by atoms with Gasteiger partial charge in [0, 0.05) is 10.9 Å². The van der Waals surface area contributed by atoms with E-state index in [0.717, 1.165) is 30.2 Å². The Morgan fingerprint density at radius 2 is 1.63 bits per heavy atom. The van der Waals surface area contributed by atoms with E-state index in [1.54, 1.807) is 24.3 Å². The zero-order valence-electron chi connectivity index (χ0n) is 16.9. The third kappa shape index (κ3) is 5.29. The summed E-state index contributed by atoms with van der Waals surface area (Å²) in [5.41, 5.74) is 0.592. The number of benzene rings is 1. The molecule has 0 saturated heterocycles. The first kappa shape index (κ1) is 21.1. The third-order valence-electron chi connectivity index (χ3n) is 6.46. The molecule has 0 heterocycles. The molecule has 7 nitrogen and oxygen atoms in total. The van der Waals surface area contributed by atoms with E-state index < -0.39 is 22.5 Å². The second-order valence-corrected chi connectivity index (χ2v) is 10.6. The predicted molar refractivity (Wildman–Crippen MR) is 112 cm³/mol. The lowest BCUT2D eigenvalue weighted by molar-refractivity contribution is -0.149. The smallest absolute Gasteiger partial charge is 0.321 e. The van der Waals surface area contributed by atoms with Crippen LogP contribution < -0.4 is 10.0 Å². The molecule has 2 N–H and O–H groups in total. The summed E-state index contributed by atoms with van der Waals surface area (Å²) in [5.74, 6) is 1.02. The lowest BCUT2D eigenvalue weighted by atomic mass is 9.53. The number of nitrogens with one attached hydrogen (secondary N) is 2. The van der Waals surface area contributed by atoms with Crippen molar-refractivity contribution >= 4 is 28.0 Å². The molecule has 4 fully saturated rings. The number of rotatable bonds is 8. The van der Waals surface area contributed by atoms with Crippen molar-refractivity contribution in [3.8, 4) is 0 Å². The summed E-state index contributed by atoms with van der Waals surface area (Å²) in [6.07, 6.45) is 8.34. The maximum Gasteiger partial charge on any atom is 0.321 e. The van der Waals surface area contributed by atoms with Crippen molar-refractivity contribution in [3.05, 3.63) is 41.3 Å². The van der Waals surface area contributed by atoms with Crippen LogP contribution in [0.4, 0.5) is 0 Å². The Morgan fingerprint density at radius 3 is 2.23 bits per heavy atom. The fourth-order valence-electron chi connectivity index (χ4n) is 5.73. The van der Waals surface area contributed by atoms with E-state index in [1.807, 2.05) is 6.07 Å². The van der Waals surface area contributed by atoms with Gasteiger partial charge in [-0.2, -0.15) is 0 Å². The van der Waals surface area contributed by atoms with E-state index in [0.29, 0.717) is 17.8 Å². The summed E-state index contributed by atoms with van der Waals surface area (Å²) < 4.78 is 31.1. The number of amides is 1. The average Bonchev–Trinajstić information content (AvgIpc) is 2.69. The van der Waals surface area contributed by atoms with E-state index in [1.165, 1.54) is 25.3 Å². The fraction of sp³-hybridized carbons (Fsp3) is 0.545. The first-order valence-corrected chi connectivity index (χ1v) is 12.0. The topological polar surface area (TPSA) is 102 Å². The number of hydrogen-bond donors (Lipinski definition) is 2. The van der Waals surface area contributed by atoms with Gasteiger partial charge in [0.15, 0.2) is 6.61 Å². The number of hydrogen-bond acceptors (Lipinski definition) is 5. The lowest BCUT2D eigenvalue weighted by Gasteiger charge is -2.56. The molecule has 0 aliphatic heterocycles. The summed E-state index contributed by atoms with van der Waals surface area (Å²) in [6, 6.07) is 8.96. The van der Waals surface area contributed by atoms with E-state index in [4.69, 9.17) is 4.74 Å². The van der Waals surface area contributed by atoms with Crippen molar-refractivity contribution in [2.45, 2.75) is 44.1 Å². The SMILES string of the molecule is O=C(COC(=O)CNS(=O)(=O)/C=C/c1ccccc1)NC12CC3CC(CC(C3)C1)C2. The highest BCUT2D eigenvalue weighted by Gasteiger charge is 2.51. The molecule has 1 amide bonds. The summed E-state index contributed by atoms with van der Waals surface area (Å²) >= 11 is 0. The normalized spacial score (nSPS) is 29.8. The maximum atomic E-state index is 12.4. The Hall–Kier alpha value is -2.19. The van der Waals surface area contributed by atoms with E-state index in [9.17, 15) is 18.0 Å². The van der Waals surface area contributed by atoms with Crippen LogP contribution in [0, 0.1) is 17.8 Å². The van der Waals surface area contributed by atoms with Crippen LogP contribution in [0.25, 0.3) is 6.08 Å².